The lowest BCUT2D eigenvalue weighted by atomic mass is 9.94. The molecule has 2 saturated heterocycles. The molecule has 1 aromatic carbocycles. The summed E-state index contributed by atoms with van der Waals surface area (Å²) < 4.78 is 24.4. The van der Waals surface area contributed by atoms with Gasteiger partial charge < -0.3 is 24.1 Å². The third-order valence-electron chi connectivity index (χ3n) is 6.25. The monoisotopic (exact) mass is 466 g/mol. The number of anilines is 1. The van der Waals surface area contributed by atoms with Gasteiger partial charge in [0.15, 0.2) is 5.84 Å². The second kappa shape index (κ2) is 9.42. The summed E-state index contributed by atoms with van der Waals surface area (Å²) in [6.07, 6.45) is 5.45. The first-order valence-electron chi connectivity index (χ1n) is 11.6. The van der Waals surface area contributed by atoms with E-state index in [4.69, 9.17) is 14.3 Å². The number of rotatable bonds is 5. The van der Waals surface area contributed by atoms with Crippen molar-refractivity contribution in [3.05, 3.63) is 65.1 Å². The van der Waals surface area contributed by atoms with Crippen LogP contribution in [-0.2, 0) is 24.8 Å². The fraction of sp³-hybridized carbons (Fsp3) is 0.400. The number of halogens is 1. The number of nitrogens with zero attached hydrogens (tertiary/aromatic N) is 4. The van der Waals surface area contributed by atoms with Crippen molar-refractivity contribution in [2.45, 2.75) is 25.5 Å². The van der Waals surface area contributed by atoms with Crippen molar-refractivity contribution in [3.63, 3.8) is 0 Å². The number of carbonyl (C=O) groups is 1. The topological polar surface area (TPSA) is 76.5 Å². The summed E-state index contributed by atoms with van der Waals surface area (Å²) in [5.74, 6) is 0.545. The maximum Gasteiger partial charge on any atom is 0.380 e. The van der Waals surface area contributed by atoms with E-state index < -0.39 is 17.5 Å². The molecule has 0 N–H and O–H groups in total. The minimum Gasteiger partial charge on any atom is -0.461 e. The van der Waals surface area contributed by atoms with Gasteiger partial charge >= 0.3 is 11.7 Å². The molecular weight excluding hydrogens is 439 g/mol. The van der Waals surface area contributed by atoms with Gasteiger partial charge in [0.05, 0.1) is 19.8 Å². The van der Waals surface area contributed by atoms with Gasteiger partial charge in [-0.1, -0.05) is 5.16 Å². The first-order valence-corrected chi connectivity index (χ1v) is 11.6. The lowest BCUT2D eigenvalue weighted by Crippen LogP contribution is -2.54. The number of ether oxygens (including phenoxy) is 2. The van der Waals surface area contributed by atoms with Gasteiger partial charge in [-0.05, 0) is 73.4 Å². The molecule has 3 aliphatic rings. The van der Waals surface area contributed by atoms with E-state index in [0.717, 1.165) is 42.9 Å². The largest absolute Gasteiger partial charge is 0.461 e. The number of pyridine rings is 1. The highest BCUT2D eigenvalue weighted by Gasteiger charge is 2.57. The Morgan fingerprint density at radius 1 is 1.18 bits per heavy atom. The van der Waals surface area contributed by atoms with Crippen LogP contribution in [0.15, 0.2) is 53.3 Å². The molecule has 3 aliphatic heterocycles. The Morgan fingerprint density at radius 2 is 1.97 bits per heavy atom. The minimum atomic E-state index is -1.57. The van der Waals surface area contributed by atoms with Crippen molar-refractivity contribution in [1.29, 1.82) is 0 Å². The Morgan fingerprint density at radius 3 is 2.68 bits per heavy atom. The van der Waals surface area contributed by atoms with Crippen LogP contribution in [0.5, 0.6) is 0 Å². The summed E-state index contributed by atoms with van der Waals surface area (Å²) in [5, 5.41) is 4.32. The van der Waals surface area contributed by atoms with E-state index in [2.05, 4.69) is 15.0 Å². The quantitative estimate of drug-likeness (QED) is 0.626. The zero-order valence-electron chi connectivity index (χ0n) is 19.1. The molecule has 2 fully saturated rings. The molecule has 8 nitrogen and oxygen atoms in total. The van der Waals surface area contributed by atoms with Crippen LogP contribution < -0.4 is 4.90 Å². The van der Waals surface area contributed by atoms with E-state index >= 15 is 0 Å². The van der Waals surface area contributed by atoms with Crippen LogP contribution in [0.1, 0.15) is 30.9 Å². The summed E-state index contributed by atoms with van der Waals surface area (Å²) in [7, 11) is 0. The van der Waals surface area contributed by atoms with E-state index in [-0.39, 0.29) is 6.61 Å². The van der Waals surface area contributed by atoms with Crippen LogP contribution >= 0.6 is 0 Å². The molecule has 1 unspecified atom stereocenters. The van der Waals surface area contributed by atoms with E-state index in [0.29, 0.717) is 31.2 Å². The van der Waals surface area contributed by atoms with Crippen LogP contribution in [0.25, 0.3) is 6.08 Å². The van der Waals surface area contributed by atoms with Gasteiger partial charge in [0, 0.05) is 31.4 Å². The Bertz CT molecular complexity index is 1100. The highest BCUT2D eigenvalue weighted by Crippen LogP contribution is 2.41. The number of amidine groups is 1. The van der Waals surface area contributed by atoms with E-state index in [1.54, 1.807) is 6.92 Å². The molecule has 5 rings (SSSR count). The summed E-state index contributed by atoms with van der Waals surface area (Å²) in [6.45, 7) is 5.56. The highest BCUT2D eigenvalue weighted by atomic mass is 19.1. The van der Waals surface area contributed by atoms with Crippen molar-refractivity contribution >= 4 is 23.7 Å². The zero-order chi connectivity index (χ0) is 23.5. The molecule has 1 aromatic heterocycles. The lowest BCUT2D eigenvalue weighted by molar-refractivity contribution is -0.189. The molecule has 0 bridgehead atoms. The Hall–Kier alpha value is -3.46. The van der Waals surface area contributed by atoms with Crippen LogP contribution in [0.3, 0.4) is 0 Å². The molecule has 0 saturated carbocycles. The van der Waals surface area contributed by atoms with Crippen molar-refractivity contribution in [2.24, 2.45) is 5.16 Å². The molecule has 34 heavy (non-hydrogen) atoms. The van der Waals surface area contributed by atoms with Crippen molar-refractivity contribution in [1.82, 2.24) is 9.88 Å². The predicted octanol–water partition coefficient (Wildman–Crippen LogP) is 3.30. The molecule has 1 atom stereocenters. The molecule has 0 spiro atoms. The SMILES string of the molecule is CCOC(=O)C1(c2ccc(F)cc2)ON=C2/C(=C/c3ccc(N4CCOCC4)nc3)CCCN21. The average Bonchev–Trinajstić information content (AvgIpc) is 3.27. The number of fused-ring (bicyclic) bond motifs is 1. The van der Waals surface area contributed by atoms with E-state index in [1.807, 2.05) is 29.3 Å². The van der Waals surface area contributed by atoms with Crippen LogP contribution in [-0.4, -0.2) is 61.1 Å². The molecule has 9 heteroatoms. The van der Waals surface area contributed by atoms with Gasteiger partial charge in [-0.3, -0.25) is 0 Å². The summed E-state index contributed by atoms with van der Waals surface area (Å²) >= 11 is 0. The number of morpholine rings is 1. The number of esters is 1. The first-order chi connectivity index (χ1) is 16.6. The molecule has 0 aliphatic carbocycles. The molecule has 2 aromatic rings. The maximum atomic E-state index is 13.6. The van der Waals surface area contributed by atoms with Crippen molar-refractivity contribution < 1.29 is 23.5 Å². The molecule has 0 radical (unpaired) electrons. The fourth-order valence-electron chi connectivity index (χ4n) is 4.57. The van der Waals surface area contributed by atoms with Gasteiger partial charge in [-0.15, -0.1) is 0 Å². The number of hydrogen-bond donors (Lipinski definition) is 0. The lowest BCUT2D eigenvalue weighted by Gasteiger charge is -2.37. The Balaban J connectivity index is 1.43. The minimum absolute atomic E-state index is 0.193. The summed E-state index contributed by atoms with van der Waals surface area (Å²) in [6, 6.07) is 9.72. The maximum absolute atomic E-state index is 13.6. The number of oxime groups is 1. The number of carbonyl (C=O) groups excluding carboxylic acids is 1. The van der Waals surface area contributed by atoms with E-state index in [1.165, 1.54) is 24.3 Å². The van der Waals surface area contributed by atoms with Crippen molar-refractivity contribution in [3.8, 4) is 0 Å². The number of piperidine rings is 1. The fourth-order valence-corrected chi connectivity index (χ4v) is 4.57. The van der Waals surface area contributed by atoms with Gasteiger partial charge in [0.25, 0.3) is 0 Å². The van der Waals surface area contributed by atoms with E-state index in [9.17, 15) is 9.18 Å². The van der Waals surface area contributed by atoms with Crippen LogP contribution in [0, 0.1) is 5.82 Å². The summed E-state index contributed by atoms with van der Waals surface area (Å²) in [5.41, 5.74) is 0.785. The average molecular weight is 467 g/mol. The summed E-state index contributed by atoms with van der Waals surface area (Å²) in [4.78, 5) is 27.6. The Labute approximate surface area is 197 Å². The highest BCUT2D eigenvalue weighted by molar-refractivity contribution is 6.06. The molecular formula is C25H27FN4O4. The van der Waals surface area contributed by atoms with Gasteiger partial charge in [-0.25, -0.2) is 14.2 Å². The second-order valence-corrected chi connectivity index (χ2v) is 8.35. The van der Waals surface area contributed by atoms with Gasteiger partial charge in [0.1, 0.15) is 11.6 Å². The van der Waals surface area contributed by atoms with Gasteiger partial charge in [-0.2, -0.15) is 0 Å². The molecule has 4 heterocycles. The third kappa shape index (κ3) is 4.00. The Kier molecular flexibility index (Phi) is 6.19. The number of benzene rings is 1. The number of aromatic nitrogens is 1. The second-order valence-electron chi connectivity index (χ2n) is 8.35. The third-order valence-corrected chi connectivity index (χ3v) is 6.25. The number of hydrogen-bond acceptors (Lipinski definition) is 8. The molecule has 178 valence electrons. The predicted molar refractivity (Wildman–Crippen MR) is 124 cm³/mol. The normalized spacial score (nSPS) is 23.4. The standard InChI is InChI=1S/C25H27FN4O4/c1-2-33-24(31)25(20-6-8-21(26)9-7-20)30-11-3-4-19(23(30)28-34-25)16-18-5-10-22(27-17-18)29-12-14-32-15-13-29/h5-10,16-17H,2-4,11-15H2,1H3/b19-16+. The van der Waals surface area contributed by atoms with Crippen LogP contribution in [0.2, 0.25) is 0 Å². The molecule has 0 amide bonds. The van der Waals surface area contributed by atoms with Crippen molar-refractivity contribution in [2.75, 3.05) is 44.4 Å². The smallest absolute Gasteiger partial charge is 0.380 e. The first kappa shape index (κ1) is 22.3. The van der Waals surface area contributed by atoms with Gasteiger partial charge in [0.2, 0.25) is 0 Å². The zero-order valence-corrected chi connectivity index (χ0v) is 19.1. The van der Waals surface area contributed by atoms with Crippen LogP contribution in [0.4, 0.5) is 10.2 Å².